The molecule has 126 heavy (non-hydrogen) atoms. The minimum absolute atomic E-state index is 0.00487. The summed E-state index contributed by atoms with van der Waals surface area (Å²) in [6, 6.07) is 66.9. The van der Waals surface area contributed by atoms with Crippen molar-refractivity contribution < 1.29 is 99.9 Å². The van der Waals surface area contributed by atoms with Crippen LogP contribution in [0.15, 0.2) is 206 Å². The van der Waals surface area contributed by atoms with Gasteiger partial charge in [0, 0.05) is 0 Å². The largest absolute Gasteiger partial charge is 0.457 e. The molecule has 3 unspecified atom stereocenters. The molecule has 0 saturated heterocycles. The number of carbonyl (C=O) groups excluding carboxylic acids is 7. The number of para-hydroxylation sites is 2. The lowest BCUT2D eigenvalue weighted by atomic mass is 9.50. The molecule has 0 aliphatic heterocycles. The number of carbonyl (C=O) groups is 7. The standard InChI is InChI=1S/C18H30O3.C18H22O3.C17H20O3.C14H20O3.2C13H18O3.C12H16O3/c1-4-17(2,3)16(19)21-12-20-11-18-8-13-5-14(9-18)7-15(6-13)10-18;1-4-18(2,3)17(19)21-13-20-12-14-9-10-15-7-5-6-8-16(15)11-14;1-3-13(2)17(18)20-12-19-11-14-8-9-15-6-4-5-7-16(15)10-14;1-4-14(2,3)13(15)17-11-16-10-12-8-6-5-7-9-12;1-4-13(2,3)12(14)16-10-15-11-8-6-5-7-9-11;1-3-11(2)13(14)16-10-15-9-12-7-5-4-6-8-12;1-3-10(2)12(13)15-9-14-11-7-5-4-6-8-11/h13-15H,4-12H2,1-3H3;5-11H,4,12-13H2,1-3H3;4-10,13H,3,11-12H2,1-2H3;5-9H,4,10-11H2,1-3H3;5-9H,4,10H2,1-3H3;4-8,11H,3,9-10H2,1-2H3;4-8,10H,3,9H2,1-2H3. The molecule has 4 bridgehead atoms. The summed E-state index contributed by atoms with van der Waals surface area (Å²) in [7, 11) is 0. The lowest BCUT2D eigenvalue weighted by Crippen LogP contribution is -2.48. The monoisotopic (exact) mass is 1740 g/mol. The minimum Gasteiger partial charge on any atom is -0.457 e. The van der Waals surface area contributed by atoms with Gasteiger partial charge in [-0.05, 0) is 242 Å². The normalized spacial score (nSPS) is 16.0. The van der Waals surface area contributed by atoms with E-state index in [0.29, 0.717) is 43.3 Å². The second-order valence-electron chi connectivity index (χ2n) is 35.2. The number of esters is 7. The first-order valence-corrected chi connectivity index (χ1v) is 44.7. The van der Waals surface area contributed by atoms with Crippen LogP contribution in [-0.2, 0) is 117 Å². The summed E-state index contributed by atoms with van der Waals surface area (Å²) in [6.07, 6.45) is 13.8. The van der Waals surface area contributed by atoms with Crippen LogP contribution in [0.4, 0.5) is 0 Å². The Hall–Kier alpha value is -10.0. The van der Waals surface area contributed by atoms with Crippen molar-refractivity contribution in [3.05, 3.63) is 229 Å². The number of fused-ring (bicyclic) bond motifs is 2. The van der Waals surface area contributed by atoms with Crippen LogP contribution in [-0.4, -0.2) is 95.9 Å². The van der Waals surface area contributed by atoms with E-state index in [1.54, 1.807) is 0 Å². The number of ether oxygens (including phenoxy) is 14. The van der Waals surface area contributed by atoms with Gasteiger partial charge >= 0.3 is 41.8 Å². The predicted octanol–water partition coefficient (Wildman–Crippen LogP) is 23.9. The third-order valence-corrected chi connectivity index (χ3v) is 23.5. The average Bonchev–Trinajstić information content (AvgIpc) is 0.751. The van der Waals surface area contributed by atoms with Crippen LogP contribution in [0.25, 0.3) is 21.5 Å². The second-order valence-corrected chi connectivity index (χ2v) is 35.2. The zero-order valence-electron chi connectivity index (χ0n) is 78.3. The zero-order valence-corrected chi connectivity index (χ0v) is 78.3. The van der Waals surface area contributed by atoms with E-state index in [4.69, 9.17) is 66.3 Å². The molecule has 3 atom stereocenters. The van der Waals surface area contributed by atoms with Crippen LogP contribution in [0.3, 0.4) is 0 Å². The molecule has 0 N–H and O–H groups in total. The molecule has 4 aliphatic carbocycles. The van der Waals surface area contributed by atoms with Crippen molar-refractivity contribution in [3.63, 3.8) is 0 Å². The van der Waals surface area contributed by atoms with Gasteiger partial charge in [0.2, 0.25) is 13.6 Å². The molecule has 0 radical (unpaired) electrons. The summed E-state index contributed by atoms with van der Waals surface area (Å²) in [5.74, 6) is 2.63. The maximum absolute atomic E-state index is 11.9. The summed E-state index contributed by atoms with van der Waals surface area (Å²) in [6.45, 7) is 37.1. The van der Waals surface area contributed by atoms with Gasteiger partial charge in [0.05, 0.1) is 72.4 Å². The maximum Gasteiger partial charge on any atom is 0.314 e. The summed E-state index contributed by atoms with van der Waals surface area (Å²) < 4.78 is 73.1. The average molecular weight is 1740 g/mol. The van der Waals surface area contributed by atoms with Gasteiger partial charge in [-0.2, -0.15) is 0 Å². The maximum atomic E-state index is 11.9. The zero-order chi connectivity index (χ0) is 92.4. The van der Waals surface area contributed by atoms with Crippen LogP contribution in [0.5, 0.6) is 11.5 Å². The van der Waals surface area contributed by atoms with Crippen molar-refractivity contribution in [2.45, 2.75) is 235 Å². The predicted molar refractivity (Wildman–Crippen MR) is 492 cm³/mol. The van der Waals surface area contributed by atoms with E-state index in [2.05, 4.69) is 48.5 Å². The fraction of sp³-hybridized carbons (Fsp3) is 0.514. The highest BCUT2D eigenvalue weighted by Gasteiger charge is 2.51. The van der Waals surface area contributed by atoms with Gasteiger partial charge in [0.1, 0.15) is 11.5 Å². The molecule has 21 heteroatoms. The first-order chi connectivity index (χ1) is 60.2. The van der Waals surface area contributed by atoms with E-state index in [1.165, 1.54) is 60.1 Å². The topological polar surface area (TPSA) is 249 Å². The smallest absolute Gasteiger partial charge is 0.314 e. The Morgan fingerprint density at radius 3 is 0.865 bits per heavy atom. The molecule has 21 nitrogen and oxygen atoms in total. The van der Waals surface area contributed by atoms with Crippen LogP contribution < -0.4 is 9.47 Å². The van der Waals surface area contributed by atoms with Crippen molar-refractivity contribution in [2.75, 3.05) is 54.2 Å². The number of hydrogen-bond donors (Lipinski definition) is 0. The van der Waals surface area contributed by atoms with Crippen LogP contribution >= 0.6 is 0 Å². The van der Waals surface area contributed by atoms with E-state index < -0.39 is 21.7 Å². The molecule has 12 rings (SSSR count). The lowest BCUT2D eigenvalue weighted by Gasteiger charge is -2.56. The second kappa shape index (κ2) is 56.9. The van der Waals surface area contributed by atoms with E-state index in [9.17, 15) is 33.6 Å². The van der Waals surface area contributed by atoms with Gasteiger partial charge in [0.15, 0.2) is 34.0 Å². The van der Waals surface area contributed by atoms with Crippen molar-refractivity contribution in [2.24, 2.45) is 62.6 Å². The van der Waals surface area contributed by atoms with Gasteiger partial charge < -0.3 is 66.3 Å². The van der Waals surface area contributed by atoms with Crippen molar-refractivity contribution in [1.29, 1.82) is 0 Å². The molecule has 8 aromatic carbocycles. The van der Waals surface area contributed by atoms with Gasteiger partial charge in [-0.3, -0.25) is 33.6 Å². The Balaban J connectivity index is 0.000000262. The van der Waals surface area contributed by atoms with Crippen LogP contribution in [0, 0.1) is 62.6 Å². The molecule has 8 aromatic rings. The quantitative estimate of drug-likeness (QED) is 0.0150. The summed E-state index contributed by atoms with van der Waals surface area (Å²) in [5.41, 5.74) is 2.96. The molecule has 0 aromatic heterocycles. The first kappa shape index (κ1) is 107. The molecule has 0 amide bonds. The molecule has 0 heterocycles. The molecule has 4 saturated carbocycles. The first-order valence-electron chi connectivity index (χ1n) is 44.7. The van der Waals surface area contributed by atoms with Gasteiger partial charge in [0.25, 0.3) is 0 Å². The Morgan fingerprint density at radius 2 is 0.556 bits per heavy atom. The SMILES string of the molecule is CCC(C)(C)C(=O)OCOCC12CC3CC(CC(C3)C1)C2.CCC(C)(C)C(=O)OCOCc1ccc2ccccc2c1.CCC(C)(C)C(=O)OCOCc1ccccc1.CCC(C)(C)C(=O)OCOc1ccccc1.CCC(C)C(=O)OCOCc1ccc2ccccc2c1.CCC(C)C(=O)OCOCc1ccccc1.CCC(C)C(=O)OCOc1ccccc1. The Bertz CT molecular complexity index is 4390. The highest BCUT2D eigenvalue weighted by Crippen LogP contribution is 2.60. The fourth-order valence-corrected chi connectivity index (χ4v) is 13.3. The van der Waals surface area contributed by atoms with Crippen molar-refractivity contribution >= 4 is 63.3 Å². The molecular formula is C105H144O21. The summed E-state index contributed by atoms with van der Waals surface area (Å²) >= 11 is 0. The molecule has 4 fully saturated rings. The van der Waals surface area contributed by atoms with Gasteiger partial charge in [-0.15, -0.1) is 0 Å². The third kappa shape index (κ3) is 39.9. The van der Waals surface area contributed by atoms with Crippen LogP contribution in [0.2, 0.25) is 0 Å². The number of hydrogen-bond acceptors (Lipinski definition) is 21. The van der Waals surface area contributed by atoms with E-state index in [-0.39, 0.29) is 107 Å². The summed E-state index contributed by atoms with van der Waals surface area (Å²) in [5, 5.41) is 4.78. The third-order valence-electron chi connectivity index (χ3n) is 23.5. The van der Waals surface area contributed by atoms with Gasteiger partial charge in [-0.1, -0.05) is 239 Å². The van der Waals surface area contributed by atoms with E-state index in [1.807, 2.05) is 282 Å². The fourth-order valence-electron chi connectivity index (χ4n) is 13.3. The molecule has 4 aliphatic rings. The minimum atomic E-state index is -0.452. The van der Waals surface area contributed by atoms with Crippen molar-refractivity contribution in [1.82, 2.24) is 0 Å². The highest BCUT2D eigenvalue weighted by atomic mass is 16.7. The summed E-state index contributed by atoms with van der Waals surface area (Å²) in [4.78, 5) is 80.9. The highest BCUT2D eigenvalue weighted by molar-refractivity contribution is 5.84. The van der Waals surface area contributed by atoms with Crippen LogP contribution in [0.1, 0.15) is 230 Å². The molecule has 690 valence electrons. The lowest BCUT2D eigenvalue weighted by molar-refractivity contribution is -0.175. The number of benzene rings is 8. The van der Waals surface area contributed by atoms with E-state index >= 15 is 0 Å². The molecule has 0 spiro atoms. The number of rotatable bonds is 40. The Kier molecular flexibility index (Phi) is 48.1. The van der Waals surface area contributed by atoms with Gasteiger partial charge in [-0.25, -0.2) is 0 Å². The van der Waals surface area contributed by atoms with E-state index in [0.717, 1.165) is 91.6 Å². The Morgan fingerprint density at radius 1 is 0.302 bits per heavy atom. The molecular weight excluding hydrogens is 1600 g/mol. The Labute approximate surface area is 750 Å². The van der Waals surface area contributed by atoms with Crippen molar-refractivity contribution in [3.8, 4) is 11.5 Å².